The van der Waals surface area contributed by atoms with E-state index in [9.17, 15) is 0 Å². The zero-order valence-corrected chi connectivity index (χ0v) is 14.2. The summed E-state index contributed by atoms with van der Waals surface area (Å²) in [6, 6.07) is 0. The molecule has 10 heteroatoms. The van der Waals surface area contributed by atoms with Gasteiger partial charge in [-0.25, -0.2) is 0 Å². The molecule has 98 valence electrons. The molecule has 0 bridgehead atoms. The van der Waals surface area contributed by atoms with Crippen LogP contribution in [0.25, 0.3) is 0 Å². The molecular formula is C7H12O6S3Sn. The third-order valence-electron chi connectivity index (χ3n) is 0.530. The van der Waals surface area contributed by atoms with Crippen LogP contribution < -0.4 is 0 Å². The molecule has 0 aromatic rings. The maximum atomic E-state index is 8.81. The van der Waals surface area contributed by atoms with Gasteiger partial charge in [0.2, 0.25) is 0 Å². The van der Waals surface area contributed by atoms with Crippen molar-refractivity contribution in [3.63, 3.8) is 0 Å². The van der Waals surface area contributed by atoms with Gasteiger partial charge in [0.25, 0.3) is 0 Å². The van der Waals surface area contributed by atoms with E-state index in [1.807, 2.05) is 0 Å². The predicted octanol–water partition coefficient (Wildman–Crippen LogP) is 2.01. The Morgan fingerprint density at radius 3 is 1.12 bits per heavy atom. The van der Waals surface area contributed by atoms with E-state index in [0.717, 1.165) is 0 Å². The van der Waals surface area contributed by atoms with Gasteiger partial charge >= 0.3 is 46.7 Å². The molecule has 0 aromatic carbocycles. The molecule has 0 unspecified atom stereocenters. The van der Waals surface area contributed by atoms with Gasteiger partial charge in [-0.1, -0.05) is 0 Å². The normalized spacial score (nSPS) is 6.76. The number of rotatable bonds is 2. The first-order valence-electron chi connectivity index (χ1n) is 3.96. The third-order valence-corrected chi connectivity index (χ3v) is 1.54. The molecule has 0 heterocycles. The van der Waals surface area contributed by atoms with Crippen LogP contribution in [0, 0.1) is 0 Å². The molecule has 0 aliphatic carbocycles. The molecule has 0 saturated carbocycles. The predicted molar refractivity (Wildman–Crippen MR) is 71.6 cm³/mol. The summed E-state index contributed by atoms with van der Waals surface area (Å²) in [5.74, 6) is 0. The fourth-order valence-electron chi connectivity index (χ4n) is 0.177. The van der Waals surface area contributed by atoms with Gasteiger partial charge in [-0.15, -0.1) is 0 Å². The van der Waals surface area contributed by atoms with Crippen LogP contribution in [-0.2, 0) is 37.9 Å². The van der Waals surface area contributed by atoms with E-state index in [4.69, 9.17) is 29.7 Å². The minimum Gasteiger partial charge on any atom is -0.698 e. The molecule has 0 atom stereocenters. The van der Waals surface area contributed by atoms with Crippen molar-refractivity contribution in [2.45, 2.75) is 24.2 Å². The maximum Gasteiger partial charge on any atom is 0.181 e. The SMILES string of the molecule is CCC[CH2][Sn+3].O=C(O)[S-].O=C(O)[S-].O=C(O)[S-]. The summed E-state index contributed by atoms with van der Waals surface area (Å²) >= 11 is 12.3. The number of hydrogen-bond donors (Lipinski definition) is 3. The van der Waals surface area contributed by atoms with E-state index in [0.29, 0.717) is 0 Å². The molecule has 0 saturated heterocycles. The number of carbonyl (C=O) groups is 3. The summed E-state index contributed by atoms with van der Waals surface area (Å²) in [6.45, 7) is 2.23. The van der Waals surface area contributed by atoms with Gasteiger partial charge in [0.05, 0.1) is 0 Å². The van der Waals surface area contributed by atoms with E-state index < -0.39 is 15.9 Å². The van der Waals surface area contributed by atoms with Crippen molar-refractivity contribution in [2.24, 2.45) is 0 Å². The quantitative estimate of drug-likeness (QED) is 0.468. The van der Waals surface area contributed by atoms with Gasteiger partial charge in [0.1, 0.15) is 0 Å². The maximum absolute atomic E-state index is 8.81. The Balaban J connectivity index is -0.0000000667. The molecular weight excluding hydrogens is 395 g/mol. The van der Waals surface area contributed by atoms with Crippen LogP contribution in [-0.4, -0.2) is 53.7 Å². The minimum atomic E-state index is -1.25. The van der Waals surface area contributed by atoms with Crippen LogP contribution in [0.3, 0.4) is 0 Å². The van der Waals surface area contributed by atoms with Crippen LogP contribution in [0.4, 0.5) is 14.4 Å². The summed E-state index contributed by atoms with van der Waals surface area (Å²) in [5.41, 5.74) is 0. The number of hydrogen-bond acceptors (Lipinski definition) is 6. The fraction of sp³-hybridized carbons (Fsp3) is 0.571. The van der Waals surface area contributed by atoms with Crippen LogP contribution in [0.2, 0.25) is 4.44 Å². The summed E-state index contributed by atoms with van der Waals surface area (Å²) < 4.78 is 1.43. The van der Waals surface area contributed by atoms with Crippen molar-refractivity contribution in [1.82, 2.24) is 0 Å². The number of unbranched alkanes of at least 4 members (excludes halogenated alkanes) is 1. The first-order chi connectivity index (χ1) is 7.61. The number of carboxylic acid groups (broad SMARTS) is 3. The van der Waals surface area contributed by atoms with E-state index in [1.165, 1.54) is 17.3 Å². The largest absolute Gasteiger partial charge is 0.698 e. The minimum absolute atomic E-state index is 1.25. The molecule has 3 N–H and O–H groups in total. The fourth-order valence-corrected chi connectivity index (χ4v) is 1.19. The van der Waals surface area contributed by atoms with E-state index in [-0.39, 0.29) is 0 Å². The first-order valence-corrected chi connectivity index (χ1v) is 7.20. The molecule has 0 rings (SSSR count). The van der Waals surface area contributed by atoms with Crippen molar-refractivity contribution < 1.29 is 29.7 Å². The van der Waals surface area contributed by atoms with Crippen LogP contribution in [0.1, 0.15) is 19.8 Å². The van der Waals surface area contributed by atoms with Gasteiger partial charge in [-0.3, -0.25) is 14.4 Å². The van der Waals surface area contributed by atoms with Crippen LogP contribution >= 0.6 is 0 Å². The Bertz CT molecular complexity index is 160. The second kappa shape index (κ2) is 24.9. The smallest absolute Gasteiger partial charge is 0.181 e. The second-order valence-corrected chi connectivity index (χ2v) is 4.38. The molecule has 0 aromatic heterocycles. The average Bonchev–Trinajstić information content (AvgIpc) is 2.01. The Labute approximate surface area is 129 Å². The van der Waals surface area contributed by atoms with Crippen LogP contribution in [0.15, 0.2) is 0 Å². The standard InChI is InChI=1S/C4H9.3CH2O2S.Sn/c1-3-4-2;3*2-1(3)4;/h1,3-4H2,2H3;3*4H,(H,2,3);/q;;;;+3/p-3. The summed E-state index contributed by atoms with van der Waals surface area (Å²) in [6.07, 6.45) is 2.80. The van der Waals surface area contributed by atoms with Gasteiger partial charge in [0, 0.05) is 0 Å². The Morgan fingerprint density at radius 1 is 0.941 bits per heavy atom. The van der Waals surface area contributed by atoms with Gasteiger partial charge in [0.15, 0.2) is 15.9 Å². The zero-order valence-electron chi connectivity index (χ0n) is 8.91. The molecule has 0 spiro atoms. The Hall–Kier alpha value is -0.131. The molecule has 0 aliphatic rings. The van der Waals surface area contributed by atoms with E-state index in [2.05, 4.69) is 44.8 Å². The molecule has 0 fully saturated rings. The summed E-state index contributed by atoms with van der Waals surface area (Å²) in [4.78, 5) is 26.4. The van der Waals surface area contributed by atoms with E-state index >= 15 is 0 Å². The van der Waals surface area contributed by atoms with Gasteiger partial charge < -0.3 is 53.2 Å². The van der Waals surface area contributed by atoms with Crippen molar-refractivity contribution in [2.75, 3.05) is 0 Å². The molecule has 6 nitrogen and oxygen atoms in total. The molecule has 0 amide bonds. The Kier molecular flexibility index (Phi) is 37.6. The Morgan fingerprint density at radius 2 is 1.12 bits per heavy atom. The van der Waals surface area contributed by atoms with Crippen molar-refractivity contribution in [3.05, 3.63) is 0 Å². The molecule has 17 heavy (non-hydrogen) atoms. The zero-order chi connectivity index (χ0) is 14.9. The topological polar surface area (TPSA) is 112 Å². The van der Waals surface area contributed by atoms with Crippen LogP contribution in [0.5, 0.6) is 0 Å². The monoisotopic (exact) mass is 408 g/mol. The summed E-state index contributed by atoms with van der Waals surface area (Å²) in [5, 5.41) is 17.9. The molecule has 0 aliphatic heterocycles. The molecule has 0 radical (unpaired) electrons. The van der Waals surface area contributed by atoms with Gasteiger partial charge in [-0.05, 0) is 0 Å². The summed E-state index contributed by atoms with van der Waals surface area (Å²) in [7, 11) is 0. The third kappa shape index (κ3) is 874. The van der Waals surface area contributed by atoms with Crippen molar-refractivity contribution in [1.29, 1.82) is 0 Å². The average molecular weight is 407 g/mol. The van der Waals surface area contributed by atoms with Gasteiger partial charge in [-0.2, -0.15) is 0 Å². The van der Waals surface area contributed by atoms with Crippen molar-refractivity contribution in [3.8, 4) is 0 Å². The van der Waals surface area contributed by atoms with Crippen molar-refractivity contribution >= 4 is 76.3 Å². The second-order valence-electron chi connectivity index (χ2n) is 1.90. The first kappa shape index (κ1) is 25.7. The van der Waals surface area contributed by atoms with E-state index in [1.54, 1.807) is 22.5 Å².